The largest absolute Gasteiger partial charge is 0.271 e. The molecule has 1 aromatic carbocycles. The van der Waals surface area contributed by atoms with Crippen molar-refractivity contribution in [2.75, 3.05) is 0 Å². The smallest absolute Gasteiger partial charge is 0.123 e. The number of halogens is 2. The summed E-state index contributed by atoms with van der Waals surface area (Å²) in [5.74, 6) is 5.30. The van der Waals surface area contributed by atoms with Gasteiger partial charge < -0.3 is 0 Å². The van der Waals surface area contributed by atoms with Crippen LogP contribution in [-0.2, 0) is 6.42 Å². The zero-order chi connectivity index (χ0) is 12.3. The predicted octanol–water partition coefficient (Wildman–Crippen LogP) is 3.29. The Labute approximate surface area is 108 Å². The van der Waals surface area contributed by atoms with Gasteiger partial charge in [0.05, 0.1) is 11.1 Å². The molecule has 1 atom stereocenters. The van der Waals surface area contributed by atoms with Gasteiger partial charge in [-0.1, -0.05) is 23.7 Å². The fourth-order valence-electron chi connectivity index (χ4n) is 1.64. The zero-order valence-electron chi connectivity index (χ0n) is 8.99. The Hall–Kier alpha value is -0.940. The maximum Gasteiger partial charge on any atom is 0.123 e. The topological polar surface area (TPSA) is 38.0 Å². The number of hydrazine groups is 1. The molecule has 0 aliphatic carbocycles. The lowest BCUT2D eigenvalue weighted by atomic mass is 10.1. The summed E-state index contributed by atoms with van der Waals surface area (Å²) in [6, 6.07) is 8.18. The maximum atomic E-state index is 12.8. The first-order valence-electron chi connectivity index (χ1n) is 5.14. The van der Waals surface area contributed by atoms with Crippen molar-refractivity contribution in [2.45, 2.75) is 12.5 Å². The van der Waals surface area contributed by atoms with Gasteiger partial charge in [-0.15, -0.1) is 11.3 Å². The Kier molecular flexibility index (Phi) is 4.12. The van der Waals surface area contributed by atoms with Crippen LogP contribution in [0.4, 0.5) is 4.39 Å². The molecule has 0 aliphatic heterocycles. The number of hydrogen-bond donors (Lipinski definition) is 2. The van der Waals surface area contributed by atoms with E-state index in [1.54, 1.807) is 23.5 Å². The van der Waals surface area contributed by atoms with E-state index < -0.39 is 0 Å². The number of rotatable bonds is 4. The summed E-state index contributed by atoms with van der Waals surface area (Å²) in [6.07, 6.45) is 0.678. The average molecular weight is 271 g/mol. The van der Waals surface area contributed by atoms with Crippen LogP contribution in [0.25, 0.3) is 0 Å². The van der Waals surface area contributed by atoms with Crippen molar-refractivity contribution >= 4 is 22.9 Å². The molecule has 1 aromatic heterocycles. The molecule has 1 heterocycles. The van der Waals surface area contributed by atoms with E-state index in [0.29, 0.717) is 11.4 Å². The van der Waals surface area contributed by atoms with Crippen LogP contribution in [0, 0.1) is 5.82 Å². The first-order valence-corrected chi connectivity index (χ1v) is 6.40. The van der Waals surface area contributed by atoms with Crippen molar-refractivity contribution < 1.29 is 4.39 Å². The van der Waals surface area contributed by atoms with Crippen LogP contribution < -0.4 is 11.3 Å². The fourth-order valence-corrected chi connectivity index (χ4v) is 2.89. The third kappa shape index (κ3) is 3.04. The van der Waals surface area contributed by atoms with Gasteiger partial charge in [0.15, 0.2) is 0 Å². The van der Waals surface area contributed by atoms with Crippen LogP contribution in [0.15, 0.2) is 35.7 Å². The van der Waals surface area contributed by atoms with E-state index in [-0.39, 0.29) is 11.9 Å². The number of nitrogens with one attached hydrogen (secondary N) is 1. The average Bonchev–Trinajstić information content (AvgIpc) is 2.75. The molecule has 5 heteroatoms. The fraction of sp³-hybridized carbons (Fsp3) is 0.167. The lowest BCUT2D eigenvalue weighted by molar-refractivity contribution is 0.559. The molecular formula is C12H12ClFN2S. The molecule has 0 aliphatic rings. The molecular weight excluding hydrogens is 259 g/mol. The number of benzene rings is 1. The van der Waals surface area contributed by atoms with Gasteiger partial charge >= 0.3 is 0 Å². The van der Waals surface area contributed by atoms with Gasteiger partial charge in [-0.25, -0.2) is 4.39 Å². The molecule has 0 amide bonds. The van der Waals surface area contributed by atoms with Gasteiger partial charge in [0.25, 0.3) is 0 Å². The first-order chi connectivity index (χ1) is 8.20. The summed E-state index contributed by atoms with van der Waals surface area (Å²) in [4.78, 5) is 0.999. The lowest BCUT2D eigenvalue weighted by Gasteiger charge is -2.15. The molecule has 0 spiro atoms. The van der Waals surface area contributed by atoms with Crippen LogP contribution >= 0.6 is 22.9 Å². The molecule has 3 N–H and O–H groups in total. The van der Waals surface area contributed by atoms with Crippen molar-refractivity contribution in [3.05, 3.63) is 57.0 Å². The minimum atomic E-state index is -0.236. The molecule has 90 valence electrons. The molecule has 1 unspecified atom stereocenters. The van der Waals surface area contributed by atoms with Crippen molar-refractivity contribution in [3.8, 4) is 0 Å². The second kappa shape index (κ2) is 5.60. The molecule has 2 aromatic rings. The van der Waals surface area contributed by atoms with Crippen molar-refractivity contribution in [1.29, 1.82) is 0 Å². The highest BCUT2D eigenvalue weighted by atomic mass is 35.5. The third-order valence-electron chi connectivity index (χ3n) is 2.52. The summed E-state index contributed by atoms with van der Waals surface area (Å²) < 4.78 is 12.8. The van der Waals surface area contributed by atoms with Crippen LogP contribution in [0.3, 0.4) is 0 Å². The van der Waals surface area contributed by atoms with E-state index in [9.17, 15) is 4.39 Å². The highest BCUT2D eigenvalue weighted by Crippen LogP contribution is 2.30. The first kappa shape index (κ1) is 12.5. The highest BCUT2D eigenvalue weighted by molar-refractivity contribution is 7.10. The van der Waals surface area contributed by atoms with Gasteiger partial charge in [-0.3, -0.25) is 11.3 Å². The standard InChI is InChI=1S/C12H12ClFN2S/c13-10-5-6-17-12(10)11(16-15)7-8-1-3-9(14)4-2-8/h1-6,11,16H,7,15H2. The van der Waals surface area contributed by atoms with Crippen molar-refractivity contribution in [1.82, 2.24) is 5.43 Å². The van der Waals surface area contributed by atoms with Gasteiger partial charge in [0.1, 0.15) is 5.82 Å². The molecule has 0 saturated heterocycles. The van der Waals surface area contributed by atoms with Gasteiger partial charge in [-0.2, -0.15) is 0 Å². The van der Waals surface area contributed by atoms with Gasteiger partial charge in [0.2, 0.25) is 0 Å². The second-order valence-corrected chi connectivity index (χ2v) is 5.04. The van der Waals surface area contributed by atoms with Crippen molar-refractivity contribution in [2.24, 2.45) is 5.84 Å². The Balaban J connectivity index is 2.16. The molecule has 0 bridgehead atoms. The predicted molar refractivity (Wildman–Crippen MR) is 69.5 cm³/mol. The third-order valence-corrected chi connectivity index (χ3v) is 3.99. The maximum absolute atomic E-state index is 12.8. The van der Waals surface area contributed by atoms with Crippen LogP contribution in [-0.4, -0.2) is 0 Å². The summed E-state index contributed by atoms with van der Waals surface area (Å²) in [5.41, 5.74) is 3.75. The zero-order valence-corrected chi connectivity index (χ0v) is 10.6. The summed E-state index contributed by atoms with van der Waals surface area (Å²) in [5, 5.41) is 2.63. The molecule has 0 saturated carbocycles. The molecule has 2 nitrogen and oxygen atoms in total. The summed E-state index contributed by atoms with van der Waals surface area (Å²) in [7, 11) is 0. The SMILES string of the molecule is NNC(Cc1ccc(F)cc1)c1sccc1Cl. The van der Waals surface area contributed by atoms with Crippen LogP contribution in [0.5, 0.6) is 0 Å². The normalized spacial score (nSPS) is 12.6. The summed E-state index contributed by atoms with van der Waals surface area (Å²) in [6.45, 7) is 0. The van der Waals surface area contributed by atoms with E-state index in [2.05, 4.69) is 5.43 Å². The lowest BCUT2D eigenvalue weighted by Crippen LogP contribution is -2.29. The minimum Gasteiger partial charge on any atom is -0.271 e. The van der Waals surface area contributed by atoms with E-state index in [4.69, 9.17) is 17.4 Å². The van der Waals surface area contributed by atoms with E-state index in [1.165, 1.54) is 12.1 Å². The Morgan fingerprint density at radius 2 is 2.00 bits per heavy atom. The van der Waals surface area contributed by atoms with Crippen molar-refractivity contribution in [3.63, 3.8) is 0 Å². The minimum absolute atomic E-state index is 0.0482. The quantitative estimate of drug-likeness (QED) is 0.661. The monoisotopic (exact) mass is 270 g/mol. The Morgan fingerprint density at radius 3 is 2.53 bits per heavy atom. The van der Waals surface area contributed by atoms with Gasteiger partial charge in [0, 0.05) is 4.88 Å². The highest BCUT2D eigenvalue weighted by Gasteiger charge is 2.15. The second-order valence-electron chi connectivity index (χ2n) is 3.68. The Bertz CT molecular complexity index is 484. The number of hydrogen-bond acceptors (Lipinski definition) is 3. The van der Waals surface area contributed by atoms with Gasteiger partial charge in [-0.05, 0) is 35.6 Å². The van der Waals surface area contributed by atoms with E-state index in [1.807, 2.05) is 11.4 Å². The Morgan fingerprint density at radius 1 is 1.29 bits per heavy atom. The van der Waals surface area contributed by atoms with E-state index in [0.717, 1.165) is 10.4 Å². The molecule has 0 fully saturated rings. The van der Waals surface area contributed by atoms with Crippen LogP contribution in [0.1, 0.15) is 16.5 Å². The summed E-state index contributed by atoms with van der Waals surface area (Å²) >= 11 is 7.62. The number of thiophene rings is 1. The van der Waals surface area contributed by atoms with Crippen LogP contribution in [0.2, 0.25) is 5.02 Å². The molecule has 0 radical (unpaired) electrons. The molecule has 17 heavy (non-hydrogen) atoms. The van der Waals surface area contributed by atoms with E-state index >= 15 is 0 Å². The number of nitrogens with two attached hydrogens (primary N) is 1. The molecule has 2 rings (SSSR count).